The van der Waals surface area contributed by atoms with Gasteiger partial charge < -0.3 is 9.42 Å². The minimum atomic E-state index is 0.239. The van der Waals surface area contributed by atoms with E-state index in [2.05, 4.69) is 27.2 Å². The molecule has 0 radical (unpaired) electrons. The van der Waals surface area contributed by atoms with Gasteiger partial charge in [-0.05, 0) is 56.3 Å². The van der Waals surface area contributed by atoms with Crippen LogP contribution in [0.1, 0.15) is 56.2 Å². The molecule has 1 aromatic heterocycles. The van der Waals surface area contributed by atoms with Crippen LogP contribution in [0.2, 0.25) is 0 Å². The van der Waals surface area contributed by atoms with Gasteiger partial charge >= 0.3 is 0 Å². The molecule has 0 aromatic carbocycles. The molecule has 1 aromatic rings. The van der Waals surface area contributed by atoms with E-state index < -0.39 is 0 Å². The van der Waals surface area contributed by atoms with Gasteiger partial charge in [0, 0.05) is 31.3 Å². The van der Waals surface area contributed by atoms with Gasteiger partial charge in [-0.25, -0.2) is 0 Å². The smallest absolute Gasteiger partial charge is 0.226 e. The molecule has 0 N–H and O–H groups in total. The van der Waals surface area contributed by atoms with Crippen LogP contribution in [0.15, 0.2) is 16.7 Å². The van der Waals surface area contributed by atoms with Gasteiger partial charge in [0.1, 0.15) is 0 Å². The second-order valence-corrected chi connectivity index (χ2v) is 8.20. The fourth-order valence-electron chi connectivity index (χ4n) is 4.84. The first kappa shape index (κ1) is 14.7. The number of rotatable bonds is 4. The lowest BCUT2D eigenvalue weighted by atomic mass is 9.89. The first-order chi connectivity index (χ1) is 11.8. The van der Waals surface area contributed by atoms with Crippen LogP contribution in [0.3, 0.4) is 0 Å². The minimum absolute atomic E-state index is 0.239. The summed E-state index contributed by atoms with van der Waals surface area (Å²) in [6.07, 6.45) is 12.3. The molecule has 4 aliphatic rings. The Balaban J connectivity index is 1.21. The summed E-state index contributed by atoms with van der Waals surface area (Å²) in [6, 6.07) is 0. The Labute approximate surface area is 142 Å². The number of amides is 1. The molecule has 5 heteroatoms. The van der Waals surface area contributed by atoms with Gasteiger partial charge in [-0.2, -0.15) is 4.98 Å². The Morgan fingerprint density at radius 3 is 2.92 bits per heavy atom. The van der Waals surface area contributed by atoms with E-state index >= 15 is 0 Å². The fraction of sp³-hybridized carbons (Fsp3) is 0.737. The standard InChI is InChI=1S/C19H25N3O2/c23-19(16-9-12-3-4-15(16)8-12)22-7-1-2-13(11-22)10-17-20-18(21-24-17)14-5-6-14/h3-4,12-16H,1-2,5-11H2/t12-,13+,15-,16-/m0/s1. The number of hydrogen-bond donors (Lipinski definition) is 0. The van der Waals surface area contributed by atoms with E-state index in [1.54, 1.807) is 0 Å². The monoisotopic (exact) mass is 327 g/mol. The molecule has 2 saturated carbocycles. The van der Waals surface area contributed by atoms with Crippen LogP contribution < -0.4 is 0 Å². The molecule has 1 aliphatic heterocycles. The largest absolute Gasteiger partial charge is 0.342 e. The van der Waals surface area contributed by atoms with Crippen molar-refractivity contribution in [2.24, 2.45) is 23.7 Å². The number of carbonyl (C=O) groups is 1. The Morgan fingerprint density at radius 2 is 2.17 bits per heavy atom. The van der Waals surface area contributed by atoms with E-state index in [0.29, 0.717) is 29.6 Å². The van der Waals surface area contributed by atoms with Gasteiger partial charge in [0.15, 0.2) is 5.82 Å². The summed E-state index contributed by atoms with van der Waals surface area (Å²) < 4.78 is 5.43. The van der Waals surface area contributed by atoms with Crippen molar-refractivity contribution in [3.05, 3.63) is 23.9 Å². The van der Waals surface area contributed by atoms with Crippen LogP contribution in [0, 0.1) is 23.7 Å². The van der Waals surface area contributed by atoms with Crippen molar-refractivity contribution in [2.75, 3.05) is 13.1 Å². The molecule has 3 aliphatic carbocycles. The average molecular weight is 327 g/mol. The minimum Gasteiger partial charge on any atom is -0.342 e. The number of aromatic nitrogens is 2. The van der Waals surface area contributed by atoms with Gasteiger partial charge in [-0.3, -0.25) is 4.79 Å². The topological polar surface area (TPSA) is 59.2 Å². The summed E-state index contributed by atoms with van der Waals surface area (Å²) >= 11 is 0. The Morgan fingerprint density at radius 1 is 1.25 bits per heavy atom. The molecule has 128 valence electrons. The number of carbonyl (C=O) groups excluding carboxylic acids is 1. The van der Waals surface area contributed by atoms with Gasteiger partial charge in [0.25, 0.3) is 0 Å². The molecule has 1 amide bonds. The van der Waals surface area contributed by atoms with Crippen molar-refractivity contribution >= 4 is 5.91 Å². The lowest BCUT2D eigenvalue weighted by molar-refractivity contribution is -0.138. The molecule has 3 fully saturated rings. The summed E-state index contributed by atoms with van der Waals surface area (Å²) in [6.45, 7) is 1.78. The van der Waals surface area contributed by atoms with Crippen LogP contribution in [-0.2, 0) is 11.2 Å². The summed E-state index contributed by atoms with van der Waals surface area (Å²) in [7, 11) is 0. The zero-order valence-corrected chi connectivity index (χ0v) is 14.1. The maximum absolute atomic E-state index is 12.9. The van der Waals surface area contributed by atoms with Crippen molar-refractivity contribution in [1.82, 2.24) is 15.0 Å². The summed E-state index contributed by atoms with van der Waals surface area (Å²) in [4.78, 5) is 19.6. The summed E-state index contributed by atoms with van der Waals surface area (Å²) in [5, 5.41) is 4.11. The van der Waals surface area contributed by atoms with Crippen LogP contribution >= 0.6 is 0 Å². The van der Waals surface area contributed by atoms with Gasteiger partial charge in [0.05, 0.1) is 0 Å². The Kier molecular flexibility index (Phi) is 3.49. The number of hydrogen-bond acceptors (Lipinski definition) is 4. The number of nitrogens with zero attached hydrogens (tertiary/aromatic N) is 3. The summed E-state index contributed by atoms with van der Waals surface area (Å²) in [5.41, 5.74) is 0. The molecular weight excluding hydrogens is 302 g/mol. The van der Waals surface area contributed by atoms with Crippen LogP contribution in [0.5, 0.6) is 0 Å². The quantitative estimate of drug-likeness (QED) is 0.798. The van der Waals surface area contributed by atoms with E-state index in [1.165, 1.54) is 19.3 Å². The number of allylic oxidation sites excluding steroid dienone is 2. The predicted octanol–water partition coefficient (Wildman–Crippen LogP) is 2.94. The molecule has 24 heavy (non-hydrogen) atoms. The third-order valence-electron chi connectivity index (χ3n) is 6.32. The second-order valence-electron chi connectivity index (χ2n) is 8.20. The molecule has 1 saturated heterocycles. The van der Waals surface area contributed by atoms with E-state index in [1.807, 2.05) is 0 Å². The number of piperidine rings is 1. The van der Waals surface area contributed by atoms with Crippen LogP contribution in [-0.4, -0.2) is 34.0 Å². The Hall–Kier alpha value is -1.65. The zero-order valence-electron chi connectivity index (χ0n) is 14.1. The average Bonchev–Trinajstić information content (AvgIpc) is 3.02. The molecule has 0 spiro atoms. The highest BCUT2D eigenvalue weighted by molar-refractivity contribution is 5.80. The zero-order chi connectivity index (χ0) is 16.1. The van der Waals surface area contributed by atoms with Crippen molar-refractivity contribution in [3.63, 3.8) is 0 Å². The maximum Gasteiger partial charge on any atom is 0.226 e. The number of likely N-dealkylation sites (tertiary alicyclic amines) is 1. The van der Waals surface area contributed by atoms with Crippen LogP contribution in [0.25, 0.3) is 0 Å². The molecule has 4 atom stereocenters. The van der Waals surface area contributed by atoms with Crippen molar-refractivity contribution in [2.45, 2.75) is 50.9 Å². The lowest BCUT2D eigenvalue weighted by Gasteiger charge is -2.35. The third-order valence-corrected chi connectivity index (χ3v) is 6.32. The second kappa shape index (κ2) is 5.71. The highest BCUT2D eigenvalue weighted by Crippen LogP contribution is 2.44. The van der Waals surface area contributed by atoms with Crippen molar-refractivity contribution in [3.8, 4) is 0 Å². The highest BCUT2D eigenvalue weighted by Gasteiger charge is 2.42. The normalized spacial score (nSPS) is 34.9. The molecule has 2 heterocycles. The predicted molar refractivity (Wildman–Crippen MR) is 88.1 cm³/mol. The molecule has 0 unspecified atom stereocenters. The van der Waals surface area contributed by atoms with Gasteiger partial charge in [0.2, 0.25) is 11.8 Å². The SMILES string of the molecule is O=C([C@H]1C[C@H]2C=C[C@H]1C2)N1CCC[C@H](Cc2nc(C3CC3)no2)C1. The van der Waals surface area contributed by atoms with E-state index in [9.17, 15) is 4.79 Å². The van der Waals surface area contributed by atoms with Crippen LogP contribution in [0.4, 0.5) is 0 Å². The van der Waals surface area contributed by atoms with E-state index in [0.717, 1.165) is 50.5 Å². The van der Waals surface area contributed by atoms with E-state index in [-0.39, 0.29) is 5.92 Å². The third kappa shape index (κ3) is 2.68. The fourth-order valence-corrected chi connectivity index (χ4v) is 4.84. The number of fused-ring (bicyclic) bond motifs is 2. The first-order valence-corrected chi connectivity index (χ1v) is 9.56. The van der Waals surface area contributed by atoms with Crippen molar-refractivity contribution in [1.29, 1.82) is 0 Å². The Bertz CT molecular complexity index is 663. The first-order valence-electron chi connectivity index (χ1n) is 9.56. The van der Waals surface area contributed by atoms with Crippen molar-refractivity contribution < 1.29 is 9.32 Å². The van der Waals surface area contributed by atoms with Gasteiger partial charge in [-0.1, -0.05) is 17.3 Å². The van der Waals surface area contributed by atoms with Gasteiger partial charge in [-0.15, -0.1) is 0 Å². The maximum atomic E-state index is 12.9. The molecule has 5 rings (SSSR count). The molecular formula is C19H25N3O2. The highest BCUT2D eigenvalue weighted by atomic mass is 16.5. The molecule has 5 nitrogen and oxygen atoms in total. The lowest BCUT2D eigenvalue weighted by Crippen LogP contribution is -2.44. The molecule has 2 bridgehead atoms. The van der Waals surface area contributed by atoms with E-state index in [4.69, 9.17) is 4.52 Å². The summed E-state index contributed by atoms with van der Waals surface area (Å²) in [5.74, 6) is 4.44.